The van der Waals surface area contributed by atoms with Crippen molar-refractivity contribution in [1.82, 2.24) is 0 Å². The van der Waals surface area contributed by atoms with E-state index in [-0.39, 0.29) is 23.4 Å². The third-order valence-corrected chi connectivity index (χ3v) is 5.42. The second kappa shape index (κ2) is 10.1. The summed E-state index contributed by atoms with van der Waals surface area (Å²) in [5.41, 5.74) is 2.98. The summed E-state index contributed by atoms with van der Waals surface area (Å²) >= 11 is 1.38. The van der Waals surface area contributed by atoms with Crippen molar-refractivity contribution in [3.63, 3.8) is 0 Å². The Hall–Kier alpha value is -3.12. The van der Waals surface area contributed by atoms with Gasteiger partial charge in [-0.25, -0.2) is 4.39 Å². The third kappa shape index (κ3) is 6.19. The summed E-state index contributed by atoms with van der Waals surface area (Å²) in [6, 6.07) is 20.5. The van der Waals surface area contributed by atoms with Gasteiger partial charge in [-0.2, -0.15) is 0 Å². The van der Waals surface area contributed by atoms with Gasteiger partial charge in [0.25, 0.3) is 5.91 Å². The Labute approximate surface area is 179 Å². The summed E-state index contributed by atoms with van der Waals surface area (Å²) < 4.78 is 13.0. The molecule has 0 aromatic heterocycles. The number of carbonyl (C=O) groups excluding carboxylic acids is 2. The number of hydrogen-bond acceptors (Lipinski definition) is 3. The van der Waals surface area contributed by atoms with Crippen molar-refractivity contribution in [2.75, 3.05) is 16.4 Å². The van der Waals surface area contributed by atoms with Gasteiger partial charge in [0.15, 0.2) is 0 Å². The van der Waals surface area contributed by atoms with Crippen molar-refractivity contribution in [3.05, 3.63) is 89.7 Å². The lowest BCUT2D eigenvalue weighted by atomic mass is 10.0. The van der Waals surface area contributed by atoms with Crippen molar-refractivity contribution in [2.24, 2.45) is 0 Å². The number of nitrogens with one attached hydrogen (secondary N) is 2. The maximum atomic E-state index is 13.0. The molecule has 0 saturated carbocycles. The van der Waals surface area contributed by atoms with E-state index in [0.717, 1.165) is 10.6 Å². The second-order valence-corrected chi connectivity index (χ2v) is 8.15. The van der Waals surface area contributed by atoms with Gasteiger partial charge in [-0.1, -0.05) is 32.0 Å². The van der Waals surface area contributed by atoms with Gasteiger partial charge >= 0.3 is 0 Å². The zero-order valence-corrected chi connectivity index (χ0v) is 17.6. The van der Waals surface area contributed by atoms with Crippen molar-refractivity contribution in [1.29, 1.82) is 0 Å². The molecule has 6 heteroatoms. The quantitative estimate of drug-likeness (QED) is 0.464. The van der Waals surface area contributed by atoms with Crippen molar-refractivity contribution in [2.45, 2.75) is 24.7 Å². The average molecular weight is 423 g/mol. The van der Waals surface area contributed by atoms with E-state index in [1.807, 2.05) is 36.4 Å². The van der Waals surface area contributed by atoms with Crippen LogP contribution < -0.4 is 10.6 Å². The summed E-state index contributed by atoms with van der Waals surface area (Å²) in [6.45, 7) is 4.25. The van der Waals surface area contributed by atoms with Crippen LogP contribution in [0.5, 0.6) is 0 Å². The third-order valence-electron chi connectivity index (χ3n) is 4.43. The summed E-state index contributed by atoms with van der Waals surface area (Å²) in [4.78, 5) is 25.4. The van der Waals surface area contributed by atoms with Crippen molar-refractivity contribution >= 4 is 35.0 Å². The molecule has 3 aromatic rings. The zero-order chi connectivity index (χ0) is 21.5. The Morgan fingerprint density at radius 3 is 2.27 bits per heavy atom. The van der Waals surface area contributed by atoms with Crippen molar-refractivity contribution in [3.8, 4) is 0 Å². The fourth-order valence-corrected chi connectivity index (χ4v) is 3.52. The lowest BCUT2D eigenvalue weighted by molar-refractivity contribution is -0.113. The fraction of sp³-hybridized carbons (Fsp3) is 0.167. The minimum atomic E-state index is -0.390. The van der Waals surface area contributed by atoms with Crippen LogP contribution >= 0.6 is 11.8 Å². The van der Waals surface area contributed by atoms with Crippen LogP contribution in [-0.4, -0.2) is 17.6 Å². The molecular formula is C24H23FN2O2S. The number of rotatable bonds is 7. The zero-order valence-electron chi connectivity index (χ0n) is 16.8. The van der Waals surface area contributed by atoms with Crippen LogP contribution in [0.2, 0.25) is 0 Å². The van der Waals surface area contributed by atoms with Gasteiger partial charge in [-0.15, -0.1) is 11.8 Å². The molecule has 4 nitrogen and oxygen atoms in total. The van der Waals surface area contributed by atoms with Gasteiger partial charge < -0.3 is 10.6 Å². The molecule has 0 saturated heterocycles. The minimum Gasteiger partial charge on any atom is -0.325 e. The van der Waals surface area contributed by atoms with Gasteiger partial charge in [-0.3, -0.25) is 9.59 Å². The number of amides is 2. The molecule has 0 radical (unpaired) electrons. The van der Waals surface area contributed by atoms with E-state index in [0.29, 0.717) is 17.2 Å². The normalized spacial score (nSPS) is 10.7. The van der Waals surface area contributed by atoms with Crippen LogP contribution in [-0.2, 0) is 4.79 Å². The highest BCUT2D eigenvalue weighted by atomic mass is 32.2. The first kappa shape index (κ1) is 21.6. The van der Waals surface area contributed by atoms with Gasteiger partial charge in [0.05, 0.1) is 5.75 Å². The second-order valence-electron chi connectivity index (χ2n) is 7.10. The molecule has 0 heterocycles. The largest absolute Gasteiger partial charge is 0.325 e. The smallest absolute Gasteiger partial charge is 0.255 e. The van der Waals surface area contributed by atoms with E-state index >= 15 is 0 Å². The topological polar surface area (TPSA) is 58.2 Å². The van der Waals surface area contributed by atoms with E-state index in [9.17, 15) is 14.0 Å². The number of anilines is 2. The van der Waals surface area contributed by atoms with Crippen LogP contribution in [0.4, 0.5) is 15.8 Å². The van der Waals surface area contributed by atoms with Crippen LogP contribution in [0, 0.1) is 5.82 Å². The van der Waals surface area contributed by atoms with Crippen LogP contribution in [0.15, 0.2) is 77.7 Å². The number of benzene rings is 3. The first-order chi connectivity index (χ1) is 14.4. The van der Waals surface area contributed by atoms with E-state index in [2.05, 4.69) is 24.5 Å². The van der Waals surface area contributed by atoms with Crippen LogP contribution in [0.3, 0.4) is 0 Å². The van der Waals surface area contributed by atoms with Crippen molar-refractivity contribution < 1.29 is 14.0 Å². The van der Waals surface area contributed by atoms with E-state index in [1.165, 1.54) is 41.6 Å². The molecule has 30 heavy (non-hydrogen) atoms. The first-order valence-electron chi connectivity index (χ1n) is 9.60. The Morgan fingerprint density at radius 1 is 0.900 bits per heavy atom. The molecule has 154 valence electrons. The highest BCUT2D eigenvalue weighted by Gasteiger charge is 2.08. The molecule has 3 rings (SSSR count). The molecule has 0 aliphatic carbocycles. The maximum Gasteiger partial charge on any atom is 0.255 e. The summed E-state index contributed by atoms with van der Waals surface area (Å²) in [7, 11) is 0. The molecule has 2 N–H and O–H groups in total. The molecule has 0 fully saturated rings. The average Bonchev–Trinajstić information content (AvgIpc) is 2.73. The van der Waals surface area contributed by atoms with Crippen LogP contribution in [0.1, 0.15) is 35.7 Å². The highest BCUT2D eigenvalue weighted by molar-refractivity contribution is 8.00. The summed E-state index contributed by atoms with van der Waals surface area (Å²) in [5.74, 6) is -0.112. The number of thioether (sulfide) groups is 1. The summed E-state index contributed by atoms with van der Waals surface area (Å²) in [6.07, 6.45) is 0. The molecule has 0 spiro atoms. The first-order valence-corrected chi connectivity index (χ1v) is 10.6. The Kier molecular flexibility index (Phi) is 7.25. The molecule has 2 amide bonds. The highest BCUT2D eigenvalue weighted by Crippen LogP contribution is 2.23. The molecule has 0 atom stereocenters. The van der Waals surface area contributed by atoms with Gasteiger partial charge in [0.1, 0.15) is 5.82 Å². The Bertz CT molecular complexity index is 1020. The standard InChI is InChI=1S/C24H23FN2O2S/c1-16(2)17-8-12-20(13-9-17)26-23(28)15-30-22-5-3-4-21(14-22)27-24(29)18-6-10-19(25)11-7-18/h3-14,16H,15H2,1-2H3,(H,26,28)(H,27,29). The predicted octanol–water partition coefficient (Wildman–Crippen LogP) is 5.93. The number of halogens is 1. The van der Waals surface area contributed by atoms with Gasteiger partial charge in [-0.05, 0) is 66.1 Å². The SMILES string of the molecule is CC(C)c1ccc(NC(=O)CSc2cccc(NC(=O)c3ccc(F)cc3)c2)cc1. The maximum absolute atomic E-state index is 13.0. The molecular weight excluding hydrogens is 399 g/mol. The van der Waals surface area contributed by atoms with E-state index < -0.39 is 0 Å². The predicted molar refractivity (Wildman–Crippen MR) is 121 cm³/mol. The van der Waals surface area contributed by atoms with Crippen LogP contribution in [0.25, 0.3) is 0 Å². The molecule has 0 aliphatic heterocycles. The lowest BCUT2D eigenvalue weighted by Crippen LogP contribution is -2.14. The van der Waals surface area contributed by atoms with E-state index in [4.69, 9.17) is 0 Å². The molecule has 3 aromatic carbocycles. The number of carbonyl (C=O) groups is 2. The molecule has 0 aliphatic rings. The monoisotopic (exact) mass is 422 g/mol. The summed E-state index contributed by atoms with van der Waals surface area (Å²) in [5, 5.41) is 5.68. The van der Waals surface area contributed by atoms with Gasteiger partial charge in [0, 0.05) is 21.8 Å². The number of hydrogen-bond donors (Lipinski definition) is 2. The molecule has 0 unspecified atom stereocenters. The Morgan fingerprint density at radius 2 is 1.60 bits per heavy atom. The Balaban J connectivity index is 1.53. The van der Waals surface area contributed by atoms with E-state index in [1.54, 1.807) is 12.1 Å². The fourth-order valence-electron chi connectivity index (χ4n) is 2.77. The molecule has 0 bridgehead atoms. The van der Waals surface area contributed by atoms with Gasteiger partial charge in [0.2, 0.25) is 5.91 Å². The lowest BCUT2D eigenvalue weighted by Gasteiger charge is -2.09. The minimum absolute atomic E-state index is 0.0990.